The lowest BCUT2D eigenvalue weighted by Crippen LogP contribution is -2.44. The van der Waals surface area contributed by atoms with Gasteiger partial charge < -0.3 is 14.5 Å². The number of hydrogen-bond donors (Lipinski definition) is 0. The molecule has 2 heterocycles. The lowest BCUT2D eigenvalue weighted by molar-refractivity contribution is 0.0232. The fraction of sp³-hybridized carbons (Fsp3) is 0.647. The normalized spacial score (nSPS) is 18.4. The number of carbonyl (C=O) groups excluding carboxylic acids is 1. The summed E-state index contributed by atoms with van der Waals surface area (Å²) in [4.78, 5) is 20.7. The molecule has 0 saturated carbocycles. The van der Waals surface area contributed by atoms with E-state index in [1.54, 1.807) is 0 Å². The molecule has 122 valence electrons. The Morgan fingerprint density at radius 1 is 1.50 bits per heavy atom. The van der Waals surface area contributed by atoms with E-state index in [0.717, 1.165) is 31.7 Å². The van der Waals surface area contributed by atoms with E-state index in [0.29, 0.717) is 0 Å². The van der Waals surface area contributed by atoms with Crippen molar-refractivity contribution in [2.24, 2.45) is 0 Å². The van der Waals surface area contributed by atoms with E-state index < -0.39 is 5.60 Å². The first-order valence-corrected chi connectivity index (χ1v) is 7.90. The second kappa shape index (κ2) is 6.55. The Bertz CT molecular complexity index is 525. The highest BCUT2D eigenvalue weighted by molar-refractivity contribution is 5.69. The lowest BCUT2D eigenvalue weighted by atomic mass is 10.2. The average molecular weight is 305 g/mol. The summed E-state index contributed by atoms with van der Waals surface area (Å²) in [6.07, 6.45) is 3.65. The van der Waals surface area contributed by atoms with Crippen molar-refractivity contribution in [1.29, 1.82) is 0 Å². The van der Waals surface area contributed by atoms with Gasteiger partial charge in [-0.15, -0.1) is 0 Å². The summed E-state index contributed by atoms with van der Waals surface area (Å²) in [7, 11) is 2.02. The van der Waals surface area contributed by atoms with Gasteiger partial charge >= 0.3 is 6.09 Å². The summed E-state index contributed by atoms with van der Waals surface area (Å²) in [5.74, 6) is 0.941. The highest BCUT2D eigenvalue weighted by Crippen LogP contribution is 2.22. The minimum Gasteiger partial charge on any atom is -0.444 e. The van der Waals surface area contributed by atoms with Crippen LogP contribution >= 0.6 is 0 Å². The molecule has 0 unspecified atom stereocenters. The molecule has 1 aliphatic rings. The number of aryl methyl sites for hydroxylation is 1. The van der Waals surface area contributed by atoms with Crippen LogP contribution in [0.5, 0.6) is 0 Å². The van der Waals surface area contributed by atoms with Crippen LogP contribution in [0.3, 0.4) is 0 Å². The van der Waals surface area contributed by atoms with Crippen molar-refractivity contribution in [2.75, 3.05) is 25.0 Å². The minimum atomic E-state index is -0.450. The maximum atomic E-state index is 12.3. The van der Waals surface area contributed by atoms with Crippen molar-refractivity contribution >= 4 is 11.9 Å². The van der Waals surface area contributed by atoms with Gasteiger partial charge in [-0.3, -0.25) is 0 Å². The summed E-state index contributed by atoms with van der Waals surface area (Å²) in [6.45, 7) is 9.31. The van der Waals surface area contributed by atoms with Gasteiger partial charge in [0.2, 0.25) is 0 Å². The van der Waals surface area contributed by atoms with Gasteiger partial charge in [-0.1, -0.05) is 0 Å². The Morgan fingerprint density at radius 2 is 2.23 bits per heavy atom. The molecule has 1 atom stereocenters. The van der Waals surface area contributed by atoms with Crippen LogP contribution in [0, 0.1) is 6.92 Å². The number of ether oxygens (including phenoxy) is 1. The fourth-order valence-corrected chi connectivity index (χ4v) is 2.73. The molecule has 0 aliphatic carbocycles. The topological polar surface area (TPSA) is 45.7 Å². The third-order valence-electron chi connectivity index (χ3n) is 3.78. The van der Waals surface area contributed by atoms with E-state index in [1.165, 1.54) is 5.56 Å². The maximum absolute atomic E-state index is 12.3. The van der Waals surface area contributed by atoms with Crippen LogP contribution in [-0.4, -0.2) is 47.8 Å². The number of carbonyl (C=O) groups is 1. The Hall–Kier alpha value is -1.78. The van der Waals surface area contributed by atoms with E-state index in [2.05, 4.69) is 22.9 Å². The first kappa shape index (κ1) is 16.6. The number of aromatic nitrogens is 1. The summed E-state index contributed by atoms with van der Waals surface area (Å²) >= 11 is 0. The van der Waals surface area contributed by atoms with Crippen molar-refractivity contribution in [3.63, 3.8) is 0 Å². The van der Waals surface area contributed by atoms with Crippen molar-refractivity contribution < 1.29 is 9.53 Å². The number of likely N-dealkylation sites (tertiary alicyclic amines) is 1. The molecular formula is C17H27N3O2. The van der Waals surface area contributed by atoms with Gasteiger partial charge in [-0.05, 0) is 58.2 Å². The molecular weight excluding hydrogens is 278 g/mol. The molecule has 5 heteroatoms. The van der Waals surface area contributed by atoms with Crippen LogP contribution in [0.25, 0.3) is 0 Å². The first-order valence-electron chi connectivity index (χ1n) is 7.90. The van der Waals surface area contributed by atoms with Gasteiger partial charge in [0.25, 0.3) is 0 Å². The van der Waals surface area contributed by atoms with Gasteiger partial charge in [-0.25, -0.2) is 9.78 Å². The molecule has 0 N–H and O–H groups in total. The van der Waals surface area contributed by atoms with Crippen LogP contribution < -0.4 is 4.90 Å². The Balaban J connectivity index is 2.00. The highest BCUT2D eigenvalue weighted by atomic mass is 16.6. The van der Waals surface area contributed by atoms with E-state index in [4.69, 9.17) is 4.74 Å². The summed E-state index contributed by atoms with van der Waals surface area (Å²) < 4.78 is 5.51. The van der Waals surface area contributed by atoms with Crippen LogP contribution in [0.15, 0.2) is 18.3 Å². The van der Waals surface area contributed by atoms with Gasteiger partial charge in [0.05, 0.1) is 6.04 Å². The zero-order valence-corrected chi connectivity index (χ0v) is 14.3. The Kier molecular flexibility index (Phi) is 4.94. The van der Waals surface area contributed by atoms with E-state index in [1.807, 2.05) is 45.0 Å². The molecule has 0 aromatic carbocycles. The average Bonchev–Trinajstić information content (AvgIpc) is 2.85. The molecule has 0 bridgehead atoms. The van der Waals surface area contributed by atoms with E-state index in [9.17, 15) is 4.79 Å². The fourth-order valence-electron chi connectivity index (χ4n) is 2.73. The molecule has 1 aliphatic heterocycles. The van der Waals surface area contributed by atoms with Gasteiger partial charge in [0, 0.05) is 26.3 Å². The van der Waals surface area contributed by atoms with Crippen molar-refractivity contribution in [3.8, 4) is 0 Å². The molecule has 22 heavy (non-hydrogen) atoms. The molecule has 2 rings (SSSR count). The van der Waals surface area contributed by atoms with Crippen LogP contribution in [0.4, 0.5) is 10.6 Å². The molecule has 1 fully saturated rings. The number of hydrogen-bond acceptors (Lipinski definition) is 4. The number of amides is 1. The van der Waals surface area contributed by atoms with Crippen molar-refractivity contribution in [2.45, 2.75) is 52.2 Å². The standard InChI is InChI=1S/C17H27N3O2/c1-13-8-9-18-15(11-13)19(5)12-14-7-6-10-20(14)16(21)22-17(2,3)4/h8-9,11,14H,6-7,10,12H2,1-5H3/t14-/m1/s1. The van der Waals surface area contributed by atoms with Crippen LogP contribution in [0.1, 0.15) is 39.2 Å². The van der Waals surface area contributed by atoms with Crippen molar-refractivity contribution in [3.05, 3.63) is 23.9 Å². The molecule has 5 nitrogen and oxygen atoms in total. The summed E-state index contributed by atoms with van der Waals surface area (Å²) in [5.41, 5.74) is 0.737. The van der Waals surface area contributed by atoms with Crippen molar-refractivity contribution in [1.82, 2.24) is 9.88 Å². The maximum Gasteiger partial charge on any atom is 0.410 e. The Morgan fingerprint density at radius 3 is 2.86 bits per heavy atom. The van der Waals surface area contributed by atoms with Gasteiger partial charge in [-0.2, -0.15) is 0 Å². The van der Waals surface area contributed by atoms with Gasteiger partial charge in [0.1, 0.15) is 11.4 Å². The van der Waals surface area contributed by atoms with Gasteiger partial charge in [0.15, 0.2) is 0 Å². The predicted molar refractivity (Wildman–Crippen MR) is 88.2 cm³/mol. The second-order valence-corrected chi connectivity index (χ2v) is 7.04. The largest absolute Gasteiger partial charge is 0.444 e. The highest BCUT2D eigenvalue weighted by Gasteiger charge is 2.32. The summed E-state index contributed by atoms with van der Waals surface area (Å²) in [6, 6.07) is 4.23. The third-order valence-corrected chi connectivity index (χ3v) is 3.78. The number of anilines is 1. The van der Waals surface area contributed by atoms with Crippen LogP contribution in [-0.2, 0) is 4.74 Å². The monoisotopic (exact) mass is 305 g/mol. The van der Waals surface area contributed by atoms with Crippen LogP contribution in [0.2, 0.25) is 0 Å². The molecule has 0 spiro atoms. The number of nitrogens with zero attached hydrogens (tertiary/aromatic N) is 3. The first-order chi connectivity index (χ1) is 10.3. The SMILES string of the molecule is Cc1ccnc(N(C)C[C@H]2CCCN2C(=O)OC(C)(C)C)c1. The molecule has 1 saturated heterocycles. The minimum absolute atomic E-state index is 0.183. The van der Waals surface area contributed by atoms with E-state index in [-0.39, 0.29) is 12.1 Å². The smallest absolute Gasteiger partial charge is 0.410 e. The Labute approximate surface area is 133 Å². The molecule has 1 aromatic rings. The summed E-state index contributed by atoms with van der Waals surface area (Å²) in [5, 5.41) is 0. The van der Waals surface area contributed by atoms with E-state index >= 15 is 0 Å². The lowest BCUT2D eigenvalue weighted by Gasteiger charge is -2.31. The molecule has 1 aromatic heterocycles. The third kappa shape index (κ3) is 4.36. The predicted octanol–water partition coefficient (Wildman–Crippen LogP) is 3.23. The second-order valence-electron chi connectivity index (χ2n) is 7.04. The number of likely N-dealkylation sites (N-methyl/N-ethyl adjacent to an activating group) is 1. The number of rotatable bonds is 3. The number of pyridine rings is 1. The molecule has 1 amide bonds. The zero-order chi connectivity index (χ0) is 16.3. The zero-order valence-electron chi connectivity index (χ0n) is 14.3. The molecule has 0 radical (unpaired) electrons. The quantitative estimate of drug-likeness (QED) is 0.860.